The van der Waals surface area contributed by atoms with E-state index in [2.05, 4.69) is 9.71 Å². The molecule has 3 aromatic rings. The summed E-state index contributed by atoms with van der Waals surface area (Å²) in [5, 5.41) is 0. The number of likely N-dealkylation sites (tertiary alicyclic amines) is 1. The van der Waals surface area contributed by atoms with E-state index in [1.54, 1.807) is 17.6 Å². The lowest BCUT2D eigenvalue weighted by atomic mass is 9.83. The largest absolute Gasteiger partial charge is 0.338 e. The molecule has 1 aliphatic carbocycles. The molecule has 1 saturated heterocycles. The summed E-state index contributed by atoms with van der Waals surface area (Å²) < 4.78 is 71.3. The van der Waals surface area contributed by atoms with Crippen molar-refractivity contribution in [3.8, 4) is 0 Å². The van der Waals surface area contributed by atoms with Crippen molar-refractivity contribution >= 4 is 43.2 Å². The Kier molecular flexibility index (Phi) is 5.63. The van der Waals surface area contributed by atoms with Crippen LogP contribution in [0.1, 0.15) is 43.0 Å². The van der Waals surface area contributed by atoms with Gasteiger partial charge in [0, 0.05) is 36.2 Å². The topological polar surface area (TPSA) is 79.4 Å². The summed E-state index contributed by atoms with van der Waals surface area (Å²) in [5.41, 5.74) is -0.393. The molecule has 186 valence electrons. The summed E-state index contributed by atoms with van der Waals surface area (Å²) in [6.07, 6.45) is -0.448. The lowest BCUT2D eigenvalue weighted by Gasteiger charge is -2.38. The predicted molar refractivity (Wildman–Crippen MR) is 128 cm³/mol. The minimum absolute atomic E-state index is 0.0183. The van der Waals surface area contributed by atoms with Gasteiger partial charge >= 0.3 is 0 Å². The highest BCUT2D eigenvalue weighted by molar-refractivity contribution is 7.93. The fourth-order valence-electron chi connectivity index (χ4n) is 4.77. The number of nitrogens with zero attached hydrogens (tertiary/aromatic N) is 2. The van der Waals surface area contributed by atoms with E-state index in [1.165, 1.54) is 53.5 Å². The Morgan fingerprint density at radius 2 is 1.77 bits per heavy atom. The zero-order chi connectivity index (χ0) is 25.1. The molecule has 11 heteroatoms. The number of thiazole rings is 1. The average molecular weight is 524 g/mol. The van der Waals surface area contributed by atoms with Crippen LogP contribution in [0.2, 0.25) is 0 Å². The molecule has 0 spiro atoms. The number of alkyl halides is 3. The van der Waals surface area contributed by atoms with Crippen molar-refractivity contribution in [2.45, 2.75) is 49.1 Å². The lowest BCUT2D eigenvalue weighted by Crippen LogP contribution is -2.45. The maximum absolute atomic E-state index is 15.2. The van der Waals surface area contributed by atoms with Crippen LogP contribution in [0.4, 0.5) is 18.9 Å². The summed E-state index contributed by atoms with van der Waals surface area (Å²) in [6.45, 7) is 1.70. The normalized spacial score (nSPS) is 23.3. The predicted octanol–water partition coefficient (Wildman–Crippen LogP) is 5.48. The molecule has 5 rings (SSSR count). The molecule has 2 heterocycles. The molecule has 1 saturated carbocycles. The van der Waals surface area contributed by atoms with Gasteiger partial charge in [0.1, 0.15) is 16.1 Å². The molecule has 1 aliphatic heterocycles. The van der Waals surface area contributed by atoms with Gasteiger partial charge in [-0.15, -0.1) is 11.3 Å². The fraction of sp³-hybridized carbons (Fsp3) is 0.417. The van der Waals surface area contributed by atoms with Crippen LogP contribution < -0.4 is 4.72 Å². The third kappa shape index (κ3) is 4.51. The first-order valence-electron chi connectivity index (χ1n) is 11.2. The van der Waals surface area contributed by atoms with E-state index in [9.17, 15) is 22.0 Å². The molecule has 35 heavy (non-hydrogen) atoms. The second-order valence-corrected chi connectivity index (χ2v) is 12.2. The van der Waals surface area contributed by atoms with Crippen LogP contribution in [0.15, 0.2) is 52.9 Å². The van der Waals surface area contributed by atoms with Crippen molar-refractivity contribution in [1.29, 1.82) is 0 Å². The highest BCUT2D eigenvalue weighted by Crippen LogP contribution is 2.64. The van der Waals surface area contributed by atoms with Crippen LogP contribution in [0.5, 0.6) is 0 Å². The molecule has 1 aromatic heterocycles. The van der Waals surface area contributed by atoms with Crippen molar-refractivity contribution in [3.63, 3.8) is 0 Å². The molecule has 0 unspecified atom stereocenters. The minimum Gasteiger partial charge on any atom is -0.338 e. The smallest absolute Gasteiger partial charge is 0.264 e. The second kappa shape index (κ2) is 8.19. The first kappa shape index (κ1) is 24.1. The molecule has 0 radical (unpaired) electrons. The van der Waals surface area contributed by atoms with Gasteiger partial charge in [0.25, 0.3) is 21.9 Å². The van der Waals surface area contributed by atoms with Crippen LogP contribution in [-0.2, 0) is 10.0 Å². The molecule has 1 amide bonds. The number of hydrogen-bond donors (Lipinski definition) is 1. The van der Waals surface area contributed by atoms with E-state index >= 15 is 4.39 Å². The first-order chi connectivity index (χ1) is 16.4. The maximum atomic E-state index is 15.2. The monoisotopic (exact) mass is 523 g/mol. The number of fused-ring (bicyclic) bond motifs is 1. The standard InChI is InChI=1S/C24H24F3N3O3S2/c1-22(14-24(22,26)27)13-23(25)9-11-30(12-10-23)21(31)16-5-7-17(8-6-16)29-35(32,33)19-4-2-3-18-20(19)28-15-34-18/h2-8,15,29H,9-14H2,1H3/t22-/m0/s1. The number of aromatic nitrogens is 1. The first-order valence-corrected chi connectivity index (χ1v) is 13.6. The lowest BCUT2D eigenvalue weighted by molar-refractivity contribution is 0.00167. The Bertz CT molecular complexity index is 1380. The number of rotatable bonds is 6. The number of halogens is 3. The quantitative estimate of drug-likeness (QED) is 0.464. The van der Waals surface area contributed by atoms with Crippen LogP contribution >= 0.6 is 11.3 Å². The van der Waals surface area contributed by atoms with Crippen molar-refractivity contribution in [3.05, 3.63) is 53.5 Å². The molecule has 1 atom stereocenters. The van der Waals surface area contributed by atoms with Gasteiger partial charge in [-0.2, -0.15) is 0 Å². The summed E-state index contributed by atoms with van der Waals surface area (Å²) >= 11 is 1.35. The van der Waals surface area contributed by atoms with Gasteiger partial charge in [0.15, 0.2) is 0 Å². The number of hydrogen-bond acceptors (Lipinski definition) is 5. The molecule has 2 fully saturated rings. The Balaban J connectivity index is 1.22. The summed E-state index contributed by atoms with van der Waals surface area (Å²) in [7, 11) is -3.89. The van der Waals surface area contributed by atoms with Gasteiger partial charge < -0.3 is 4.90 Å². The Morgan fingerprint density at radius 1 is 1.11 bits per heavy atom. The Labute approximate surface area is 205 Å². The third-order valence-electron chi connectivity index (χ3n) is 7.02. The Morgan fingerprint density at radius 3 is 2.40 bits per heavy atom. The third-order valence-corrected chi connectivity index (χ3v) is 9.23. The molecular weight excluding hydrogens is 499 g/mol. The van der Waals surface area contributed by atoms with Crippen LogP contribution in [0.3, 0.4) is 0 Å². The minimum atomic E-state index is -3.89. The number of carbonyl (C=O) groups excluding carboxylic acids is 1. The van der Waals surface area contributed by atoms with Crippen molar-refractivity contribution in [2.75, 3.05) is 17.8 Å². The van der Waals surface area contributed by atoms with Crippen molar-refractivity contribution in [1.82, 2.24) is 9.88 Å². The van der Waals surface area contributed by atoms with Gasteiger partial charge in [0.05, 0.1) is 10.2 Å². The molecule has 2 aromatic carbocycles. The maximum Gasteiger partial charge on any atom is 0.264 e. The van der Waals surface area contributed by atoms with E-state index in [-0.39, 0.29) is 55.3 Å². The molecule has 2 aliphatic rings. The van der Waals surface area contributed by atoms with Gasteiger partial charge in [-0.05, 0) is 55.7 Å². The molecule has 0 bridgehead atoms. The number of anilines is 1. The number of sulfonamides is 1. The molecule has 1 N–H and O–H groups in total. The number of piperidine rings is 1. The Hall–Kier alpha value is -2.66. The van der Waals surface area contributed by atoms with Crippen molar-refractivity contribution < 1.29 is 26.4 Å². The highest BCUT2D eigenvalue weighted by atomic mass is 32.2. The zero-order valence-corrected chi connectivity index (χ0v) is 20.6. The summed E-state index contributed by atoms with van der Waals surface area (Å²) in [5.74, 6) is -3.12. The molecule has 6 nitrogen and oxygen atoms in total. The number of carbonyl (C=O) groups is 1. The van der Waals surface area contributed by atoms with Crippen LogP contribution in [-0.4, -0.2) is 48.9 Å². The highest BCUT2D eigenvalue weighted by Gasteiger charge is 2.69. The van der Waals surface area contributed by atoms with E-state index in [1.807, 2.05) is 0 Å². The number of nitrogens with one attached hydrogen (secondary N) is 1. The van der Waals surface area contributed by atoms with Gasteiger partial charge in [-0.1, -0.05) is 13.0 Å². The number of para-hydroxylation sites is 1. The number of benzene rings is 2. The fourth-order valence-corrected chi connectivity index (χ4v) is 6.77. The summed E-state index contributed by atoms with van der Waals surface area (Å²) in [4.78, 5) is 18.6. The van der Waals surface area contributed by atoms with Crippen LogP contribution in [0.25, 0.3) is 10.2 Å². The zero-order valence-electron chi connectivity index (χ0n) is 18.9. The number of amides is 1. The molecular formula is C24H24F3N3O3S2. The summed E-state index contributed by atoms with van der Waals surface area (Å²) in [6, 6.07) is 10.9. The van der Waals surface area contributed by atoms with Gasteiger partial charge in [-0.3, -0.25) is 9.52 Å². The van der Waals surface area contributed by atoms with Crippen LogP contribution in [0, 0.1) is 5.41 Å². The van der Waals surface area contributed by atoms with Gasteiger partial charge in [-0.25, -0.2) is 26.6 Å². The van der Waals surface area contributed by atoms with E-state index < -0.39 is 27.0 Å². The SMILES string of the molecule is C[C@]1(CC2(F)CCN(C(=O)c3ccc(NS(=O)(=O)c4cccc5scnc45)cc3)CC2)CC1(F)F. The van der Waals surface area contributed by atoms with E-state index in [0.29, 0.717) is 11.1 Å². The van der Waals surface area contributed by atoms with Gasteiger partial charge in [0.2, 0.25) is 0 Å². The second-order valence-electron chi connectivity index (χ2n) is 9.70. The van der Waals surface area contributed by atoms with E-state index in [0.717, 1.165) is 4.70 Å². The van der Waals surface area contributed by atoms with Crippen molar-refractivity contribution in [2.24, 2.45) is 5.41 Å². The van der Waals surface area contributed by atoms with E-state index in [4.69, 9.17) is 0 Å². The average Bonchev–Trinajstić information content (AvgIpc) is 3.12.